The summed E-state index contributed by atoms with van der Waals surface area (Å²) in [7, 11) is 0. The fourth-order valence-corrected chi connectivity index (χ4v) is 2.69. The zero-order valence-electron chi connectivity index (χ0n) is 12.2. The Morgan fingerprint density at radius 2 is 2.05 bits per heavy atom. The van der Waals surface area contributed by atoms with Crippen LogP contribution < -0.4 is 5.32 Å². The van der Waals surface area contributed by atoms with E-state index in [2.05, 4.69) is 5.32 Å². The third-order valence-electron chi connectivity index (χ3n) is 3.88. The van der Waals surface area contributed by atoms with Gasteiger partial charge in [0.25, 0.3) is 0 Å². The lowest BCUT2D eigenvalue weighted by Gasteiger charge is -2.34. The Hall–Kier alpha value is -1.39. The zero-order chi connectivity index (χ0) is 14.6. The van der Waals surface area contributed by atoms with E-state index >= 15 is 0 Å². The summed E-state index contributed by atoms with van der Waals surface area (Å²) in [5.41, 5.74) is -0.379. The molecule has 0 aromatic heterocycles. The smallest absolute Gasteiger partial charge is 0.246 e. The topological polar surface area (TPSA) is 66.5 Å². The van der Waals surface area contributed by atoms with Gasteiger partial charge in [-0.2, -0.15) is 0 Å². The predicted octanol–water partition coefficient (Wildman–Crippen LogP) is 0.973. The summed E-state index contributed by atoms with van der Waals surface area (Å²) in [6.07, 6.45) is 3.15. The molecule has 0 bridgehead atoms. The molecule has 1 aliphatic heterocycles. The lowest BCUT2D eigenvalue weighted by atomic mass is 9.85. The van der Waals surface area contributed by atoms with Gasteiger partial charge in [-0.25, -0.2) is 0 Å². The summed E-state index contributed by atoms with van der Waals surface area (Å²) >= 11 is 0. The third kappa shape index (κ3) is 3.33. The van der Waals surface area contributed by atoms with Crippen molar-refractivity contribution in [1.82, 2.24) is 10.2 Å². The lowest BCUT2D eigenvalue weighted by Crippen LogP contribution is -2.54. The maximum Gasteiger partial charge on any atom is 0.246 e. The molecule has 1 heterocycles. The van der Waals surface area contributed by atoms with Crippen LogP contribution in [0.25, 0.3) is 0 Å². The van der Waals surface area contributed by atoms with Gasteiger partial charge >= 0.3 is 0 Å². The Kier molecular flexibility index (Phi) is 5.09. The number of amides is 2. The molecule has 0 radical (unpaired) electrons. The molecule has 0 aromatic rings. The van der Waals surface area contributed by atoms with Crippen LogP contribution in [0.5, 0.6) is 0 Å². The first-order valence-corrected chi connectivity index (χ1v) is 6.82. The van der Waals surface area contributed by atoms with Crippen molar-refractivity contribution in [1.29, 1.82) is 0 Å². The van der Waals surface area contributed by atoms with Crippen LogP contribution in [0.3, 0.4) is 0 Å². The zero-order valence-corrected chi connectivity index (χ0v) is 12.2. The van der Waals surface area contributed by atoms with E-state index in [1.54, 1.807) is 4.90 Å². The van der Waals surface area contributed by atoms with Crippen LogP contribution >= 0.6 is 0 Å². The van der Waals surface area contributed by atoms with E-state index < -0.39 is 6.04 Å². The number of likely N-dealkylation sites (tertiary alicyclic amines) is 1. The average molecular weight is 268 g/mol. The van der Waals surface area contributed by atoms with Gasteiger partial charge < -0.3 is 15.0 Å². The number of carbonyl (C=O) groups is 3. The summed E-state index contributed by atoms with van der Waals surface area (Å²) in [5, 5.41) is 2.59. The van der Waals surface area contributed by atoms with Crippen LogP contribution in [-0.2, 0) is 14.4 Å². The molecule has 5 nitrogen and oxygen atoms in total. The number of hydrogen-bond acceptors (Lipinski definition) is 3. The Bertz CT molecular complexity index is 349. The minimum atomic E-state index is -0.594. The molecule has 3 atom stereocenters. The van der Waals surface area contributed by atoms with Gasteiger partial charge in [0.1, 0.15) is 12.3 Å². The highest BCUT2D eigenvalue weighted by Gasteiger charge is 2.41. The minimum Gasteiger partial charge on any atom is -0.346 e. The number of aldehydes is 1. The fraction of sp³-hybridized carbons (Fsp3) is 0.786. The molecule has 0 saturated carbocycles. The van der Waals surface area contributed by atoms with Crippen molar-refractivity contribution in [3.63, 3.8) is 0 Å². The second kappa shape index (κ2) is 6.17. The molecule has 0 spiro atoms. The minimum absolute atomic E-state index is 0.160. The molecule has 0 aliphatic carbocycles. The van der Waals surface area contributed by atoms with Crippen molar-refractivity contribution in [2.24, 2.45) is 11.3 Å². The molecule has 1 saturated heterocycles. The fourth-order valence-electron chi connectivity index (χ4n) is 2.69. The van der Waals surface area contributed by atoms with Crippen LogP contribution in [0, 0.1) is 11.3 Å². The molecule has 1 fully saturated rings. The van der Waals surface area contributed by atoms with E-state index in [1.165, 1.54) is 0 Å². The molecule has 5 heteroatoms. The highest BCUT2D eigenvalue weighted by molar-refractivity contribution is 5.87. The Morgan fingerprint density at radius 1 is 1.42 bits per heavy atom. The van der Waals surface area contributed by atoms with Gasteiger partial charge in [0.2, 0.25) is 12.3 Å². The molecule has 0 aromatic carbocycles. The van der Waals surface area contributed by atoms with Crippen molar-refractivity contribution in [2.75, 3.05) is 6.54 Å². The predicted molar refractivity (Wildman–Crippen MR) is 72.4 cm³/mol. The molecular formula is C14H24N2O3. The second-order valence-corrected chi connectivity index (χ2v) is 6.20. The molecule has 1 rings (SSSR count). The van der Waals surface area contributed by atoms with Crippen molar-refractivity contribution < 1.29 is 14.4 Å². The van der Waals surface area contributed by atoms with Crippen molar-refractivity contribution in [2.45, 2.75) is 52.6 Å². The monoisotopic (exact) mass is 268 g/mol. The number of nitrogens with zero attached hydrogens (tertiary/aromatic N) is 1. The first-order chi connectivity index (χ1) is 8.86. The van der Waals surface area contributed by atoms with Crippen LogP contribution in [0.15, 0.2) is 0 Å². The number of hydrogen-bond donors (Lipinski definition) is 1. The van der Waals surface area contributed by atoms with Crippen LogP contribution in [0.2, 0.25) is 0 Å². The van der Waals surface area contributed by atoms with E-state index in [0.29, 0.717) is 13.0 Å². The van der Waals surface area contributed by atoms with Gasteiger partial charge in [-0.05, 0) is 17.8 Å². The van der Waals surface area contributed by atoms with Gasteiger partial charge in [0.05, 0.1) is 6.04 Å². The Balaban J connectivity index is 2.91. The van der Waals surface area contributed by atoms with Crippen molar-refractivity contribution in [3.05, 3.63) is 0 Å². The highest BCUT2D eigenvalue weighted by atomic mass is 16.2. The molecule has 19 heavy (non-hydrogen) atoms. The van der Waals surface area contributed by atoms with Crippen LogP contribution in [0.1, 0.15) is 40.5 Å². The van der Waals surface area contributed by atoms with Crippen LogP contribution in [-0.4, -0.2) is 42.1 Å². The van der Waals surface area contributed by atoms with E-state index in [0.717, 1.165) is 19.1 Å². The summed E-state index contributed by atoms with van der Waals surface area (Å²) in [4.78, 5) is 36.1. The van der Waals surface area contributed by atoms with Gasteiger partial charge in [0.15, 0.2) is 0 Å². The first kappa shape index (κ1) is 15.7. The van der Waals surface area contributed by atoms with Crippen molar-refractivity contribution in [3.8, 4) is 0 Å². The molecular weight excluding hydrogens is 244 g/mol. The maximum atomic E-state index is 12.6. The molecule has 0 unspecified atom stereocenters. The largest absolute Gasteiger partial charge is 0.346 e. The molecule has 1 aliphatic rings. The second-order valence-electron chi connectivity index (χ2n) is 6.20. The Morgan fingerprint density at radius 3 is 2.47 bits per heavy atom. The Labute approximate surface area is 114 Å². The van der Waals surface area contributed by atoms with E-state index in [-0.39, 0.29) is 23.3 Å². The number of rotatable bonds is 5. The standard InChI is InChI=1S/C14H24N2O3/c1-5-10-6-7-16(11(10)8-17)13(19)12(15-9-18)14(2,3)4/h8-12H,5-7H2,1-4H3,(H,15,18)/t10-,11-,12-/m1/s1. The highest BCUT2D eigenvalue weighted by Crippen LogP contribution is 2.29. The van der Waals surface area contributed by atoms with Gasteiger partial charge in [0, 0.05) is 6.54 Å². The summed E-state index contributed by atoms with van der Waals surface area (Å²) in [5.74, 6) is 0.0750. The third-order valence-corrected chi connectivity index (χ3v) is 3.88. The summed E-state index contributed by atoms with van der Waals surface area (Å²) in [6.45, 7) is 8.31. The SMILES string of the molecule is CC[C@@H]1CCN(C(=O)[C@@H](NC=O)C(C)(C)C)[C@@H]1C=O. The summed E-state index contributed by atoms with van der Waals surface area (Å²) in [6, 6.07) is -0.946. The number of carbonyl (C=O) groups excluding carboxylic acids is 3. The quantitative estimate of drug-likeness (QED) is 0.756. The van der Waals surface area contributed by atoms with E-state index in [4.69, 9.17) is 0 Å². The maximum absolute atomic E-state index is 12.6. The first-order valence-electron chi connectivity index (χ1n) is 6.82. The molecule has 2 amide bonds. The average Bonchev–Trinajstić information content (AvgIpc) is 2.76. The van der Waals surface area contributed by atoms with Gasteiger partial charge in [-0.3, -0.25) is 9.59 Å². The molecule has 1 N–H and O–H groups in total. The summed E-state index contributed by atoms with van der Waals surface area (Å²) < 4.78 is 0. The van der Waals surface area contributed by atoms with E-state index in [9.17, 15) is 14.4 Å². The van der Waals surface area contributed by atoms with Gasteiger partial charge in [-0.1, -0.05) is 34.1 Å². The normalized spacial score (nSPS) is 24.9. The van der Waals surface area contributed by atoms with Crippen molar-refractivity contribution >= 4 is 18.6 Å². The number of nitrogens with one attached hydrogen (secondary N) is 1. The lowest BCUT2D eigenvalue weighted by molar-refractivity contribution is -0.140. The van der Waals surface area contributed by atoms with Crippen LogP contribution in [0.4, 0.5) is 0 Å². The molecule has 108 valence electrons. The van der Waals surface area contributed by atoms with E-state index in [1.807, 2.05) is 27.7 Å². The van der Waals surface area contributed by atoms with Gasteiger partial charge in [-0.15, -0.1) is 0 Å².